The van der Waals surface area contributed by atoms with E-state index in [4.69, 9.17) is 15.0 Å². The lowest BCUT2D eigenvalue weighted by molar-refractivity contribution is 0.135. The second-order valence-electron chi connectivity index (χ2n) is 3.75. The van der Waals surface area contributed by atoms with Gasteiger partial charge in [0.1, 0.15) is 5.54 Å². The van der Waals surface area contributed by atoms with Crippen LogP contribution in [0, 0.1) is 0 Å². The summed E-state index contributed by atoms with van der Waals surface area (Å²) in [5, 5.41) is 5.83. The molecule has 0 radical (unpaired) electrons. The van der Waals surface area contributed by atoms with Crippen LogP contribution in [0.25, 0.3) is 10.8 Å². The molecule has 0 aliphatic carbocycles. The Morgan fingerprint density at radius 2 is 2.44 bits per heavy atom. The molecule has 0 aliphatic rings. The highest BCUT2D eigenvalue weighted by Gasteiger charge is 2.27. The van der Waals surface area contributed by atoms with Crippen LogP contribution >= 0.6 is 11.3 Å². The predicted molar refractivity (Wildman–Crippen MR) is 61.0 cm³/mol. The Morgan fingerprint density at radius 1 is 1.62 bits per heavy atom. The van der Waals surface area contributed by atoms with E-state index >= 15 is 0 Å². The Hall–Kier alpha value is -1.24. The second-order valence-corrected chi connectivity index (χ2v) is 4.70. The van der Waals surface area contributed by atoms with Crippen molar-refractivity contribution in [3.8, 4) is 10.8 Å². The van der Waals surface area contributed by atoms with E-state index in [0.717, 1.165) is 4.88 Å². The Labute approximate surface area is 97.2 Å². The molecule has 5 nitrogen and oxygen atoms in total. The van der Waals surface area contributed by atoms with Crippen LogP contribution in [0.3, 0.4) is 0 Å². The molecule has 2 aromatic heterocycles. The van der Waals surface area contributed by atoms with Gasteiger partial charge in [0.15, 0.2) is 5.82 Å². The van der Waals surface area contributed by atoms with E-state index in [9.17, 15) is 0 Å². The molecule has 16 heavy (non-hydrogen) atoms. The average molecular weight is 239 g/mol. The van der Waals surface area contributed by atoms with Crippen molar-refractivity contribution >= 4 is 11.3 Å². The molecule has 0 fully saturated rings. The zero-order chi connectivity index (χ0) is 11.6. The highest BCUT2D eigenvalue weighted by atomic mass is 32.1. The van der Waals surface area contributed by atoms with Gasteiger partial charge in [0.25, 0.3) is 5.89 Å². The summed E-state index contributed by atoms with van der Waals surface area (Å²) < 4.78 is 10.2. The number of nitrogens with zero attached hydrogens (tertiary/aromatic N) is 2. The minimum atomic E-state index is -0.728. The lowest BCUT2D eigenvalue weighted by Gasteiger charge is -2.18. The van der Waals surface area contributed by atoms with Gasteiger partial charge in [0, 0.05) is 7.11 Å². The molecule has 0 aromatic carbocycles. The summed E-state index contributed by atoms with van der Waals surface area (Å²) in [6, 6.07) is 3.85. The third-order valence-electron chi connectivity index (χ3n) is 2.11. The number of thiophene rings is 1. The SMILES string of the molecule is COCC(C)(N)c1noc(-c2cccs2)n1. The summed E-state index contributed by atoms with van der Waals surface area (Å²) in [5.74, 6) is 0.954. The summed E-state index contributed by atoms with van der Waals surface area (Å²) in [7, 11) is 1.59. The molecule has 0 spiro atoms. The fourth-order valence-corrected chi connectivity index (χ4v) is 1.96. The lowest BCUT2D eigenvalue weighted by atomic mass is 10.1. The lowest BCUT2D eigenvalue weighted by Crippen LogP contribution is -2.38. The minimum Gasteiger partial charge on any atom is -0.382 e. The number of methoxy groups -OCH3 is 1. The third-order valence-corrected chi connectivity index (χ3v) is 2.97. The van der Waals surface area contributed by atoms with Crippen LogP contribution in [0.1, 0.15) is 12.7 Å². The van der Waals surface area contributed by atoms with Gasteiger partial charge in [-0.15, -0.1) is 11.3 Å². The first-order valence-electron chi connectivity index (χ1n) is 4.79. The molecule has 2 rings (SSSR count). The van der Waals surface area contributed by atoms with Crippen molar-refractivity contribution in [3.63, 3.8) is 0 Å². The topological polar surface area (TPSA) is 74.2 Å². The van der Waals surface area contributed by atoms with Crippen molar-refractivity contribution in [2.45, 2.75) is 12.5 Å². The van der Waals surface area contributed by atoms with Gasteiger partial charge in [-0.1, -0.05) is 11.2 Å². The fourth-order valence-electron chi connectivity index (χ4n) is 1.32. The van der Waals surface area contributed by atoms with E-state index in [1.807, 2.05) is 17.5 Å². The summed E-state index contributed by atoms with van der Waals surface area (Å²) in [6.07, 6.45) is 0. The fraction of sp³-hybridized carbons (Fsp3) is 0.400. The van der Waals surface area contributed by atoms with Crippen molar-refractivity contribution in [2.24, 2.45) is 5.73 Å². The molecule has 2 heterocycles. The van der Waals surface area contributed by atoms with Crippen molar-refractivity contribution in [3.05, 3.63) is 23.3 Å². The zero-order valence-corrected chi connectivity index (χ0v) is 9.95. The molecule has 2 aromatic rings. The van der Waals surface area contributed by atoms with Gasteiger partial charge in [-0.3, -0.25) is 0 Å². The Balaban J connectivity index is 2.26. The van der Waals surface area contributed by atoms with Crippen LogP contribution in [0.15, 0.2) is 22.0 Å². The molecular weight excluding hydrogens is 226 g/mol. The van der Waals surface area contributed by atoms with Crippen LogP contribution < -0.4 is 5.73 Å². The second kappa shape index (κ2) is 4.32. The van der Waals surface area contributed by atoms with Crippen molar-refractivity contribution in [2.75, 3.05) is 13.7 Å². The highest BCUT2D eigenvalue weighted by molar-refractivity contribution is 7.13. The van der Waals surface area contributed by atoms with E-state index < -0.39 is 5.54 Å². The van der Waals surface area contributed by atoms with Gasteiger partial charge >= 0.3 is 0 Å². The number of hydrogen-bond acceptors (Lipinski definition) is 6. The minimum absolute atomic E-state index is 0.344. The Morgan fingerprint density at radius 3 is 3.06 bits per heavy atom. The molecule has 6 heteroatoms. The normalized spacial score (nSPS) is 14.9. The highest BCUT2D eigenvalue weighted by Crippen LogP contribution is 2.24. The summed E-state index contributed by atoms with van der Waals surface area (Å²) in [6.45, 7) is 2.15. The van der Waals surface area contributed by atoms with Crippen molar-refractivity contribution in [1.29, 1.82) is 0 Å². The third kappa shape index (κ3) is 2.13. The van der Waals surface area contributed by atoms with Gasteiger partial charge in [-0.2, -0.15) is 4.98 Å². The van der Waals surface area contributed by atoms with E-state index in [1.165, 1.54) is 0 Å². The van der Waals surface area contributed by atoms with E-state index in [-0.39, 0.29) is 0 Å². The van der Waals surface area contributed by atoms with Crippen LogP contribution in [0.2, 0.25) is 0 Å². The maximum Gasteiger partial charge on any atom is 0.268 e. The molecule has 1 unspecified atom stereocenters. The quantitative estimate of drug-likeness (QED) is 0.877. The molecule has 0 saturated carbocycles. The van der Waals surface area contributed by atoms with Gasteiger partial charge in [-0.05, 0) is 18.4 Å². The summed E-state index contributed by atoms with van der Waals surface area (Å²) in [5.41, 5.74) is 5.28. The van der Waals surface area contributed by atoms with E-state index in [0.29, 0.717) is 18.3 Å². The zero-order valence-electron chi connectivity index (χ0n) is 9.14. The molecule has 2 N–H and O–H groups in total. The van der Waals surface area contributed by atoms with E-state index in [2.05, 4.69) is 10.1 Å². The number of rotatable bonds is 4. The van der Waals surface area contributed by atoms with E-state index in [1.54, 1.807) is 25.4 Å². The van der Waals surface area contributed by atoms with Crippen molar-refractivity contribution < 1.29 is 9.26 Å². The predicted octanol–water partition coefficient (Wildman–Crippen LogP) is 1.62. The molecule has 86 valence electrons. The first-order chi connectivity index (χ1) is 7.63. The molecule has 0 bridgehead atoms. The number of aromatic nitrogens is 2. The van der Waals surface area contributed by atoms with Gasteiger partial charge in [0.2, 0.25) is 0 Å². The maximum atomic E-state index is 6.01. The number of nitrogens with two attached hydrogens (primary N) is 1. The largest absolute Gasteiger partial charge is 0.382 e. The van der Waals surface area contributed by atoms with Crippen LogP contribution in [-0.2, 0) is 10.3 Å². The van der Waals surface area contributed by atoms with Gasteiger partial charge < -0.3 is 15.0 Å². The first kappa shape index (κ1) is 11.3. The Bertz CT molecular complexity index is 450. The van der Waals surface area contributed by atoms with Crippen LogP contribution in [0.5, 0.6) is 0 Å². The molecule has 1 atom stereocenters. The van der Waals surface area contributed by atoms with Gasteiger partial charge in [-0.25, -0.2) is 0 Å². The molecule has 0 amide bonds. The standard InChI is InChI=1S/C10H13N3O2S/c1-10(11,6-14-2)9-12-8(15-13-9)7-4-3-5-16-7/h3-5H,6,11H2,1-2H3. The van der Waals surface area contributed by atoms with Crippen molar-refractivity contribution in [1.82, 2.24) is 10.1 Å². The molecular formula is C10H13N3O2S. The van der Waals surface area contributed by atoms with Gasteiger partial charge in [0.05, 0.1) is 11.5 Å². The first-order valence-corrected chi connectivity index (χ1v) is 5.67. The Kier molecular flexibility index (Phi) is 3.04. The van der Waals surface area contributed by atoms with Crippen LogP contribution in [-0.4, -0.2) is 23.9 Å². The monoisotopic (exact) mass is 239 g/mol. The molecule has 0 aliphatic heterocycles. The number of hydrogen-bond donors (Lipinski definition) is 1. The van der Waals surface area contributed by atoms with Crippen LogP contribution in [0.4, 0.5) is 0 Å². The maximum absolute atomic E-state index is 6.01. The summed E-state index contributed by atoms with van der Waals surface area (Å²) in [4.78, 5) is 5.21. The summed E-state index contributed by atoms with van der Waals surface area (Å²) >= 11 is 1.55. The smallest absolute Gasteiger partial charge is 0.268 e. The average Bonchev–Trinajstić information content (AvgIpc) is 2.89. The molecule has 0 saturated heterocycles. The number of ether oxygens (including phenoxy) is 1.